The summed E-state index contributed by atoms with van der Waals surface area (Å²) in [6, 6.07) is 0.350. The third kappa shape index (κ3) is 2.56. The number of alkyl halides is 2. The summed E-state index contributed by atoms with van der Waals surface area (Å²) >= 11 is 3.96. The monoisotopic (exact) mass is 432 g/mol. The quantitative estimate of drug-likeness (QED) is 0.451. The van der Waals surface area contributed by atoms with Gasteiger partial charge in [0.05, 0.1) is 12.4 Å². The molecule has 0 aromatic carbocycles. The number of hydrogen-bond donors (Lipinski definition) is 0. The first-order valence-electron chi connectivity index (χ1n) is 8.29. The number of aromatic nitrogens is 2. The minimum absolute atomic E-state index is 0.301. The van der Waals surface area contributed by atoms with Gasteiger partial charge in [-0.3, -0.25) is 0 Å². The van der Waals surface area contributed by atoms with Crippen LogP contribution in [0.4, 0.5) is 4.39 Å². The Morgan fingerprint density at radius 2 is 2.05 bits per heavy atom. The summed E-state index contributed by atoms with van der Waals surface area (Å²) in [5.41, 5.74) is 1.34. The number of aryl methyl sites for hydroxylation is 1. The summed E-state index contributed by atoms with van der Waals surface area (Å²) in [6.07, 6.45) is 10.6. The molecule has 2 nitrogen and oxygen atoms in total. The normalized spacial score (nSPS) is 41.8. The first-order chi connectivity index (χ1) is 10.6. The lowest BCUT2D eigenvalue weighted by atomic mass is 9.89. The maximum Gasteiger partial charge on any atom is 0.167 e. The molecule has 2 heterocycles. The van der Waals surface area contributed by atoms with Crippen molar-refractivity contribution in [2.75, 3.05) is 5.75 Å². The maximum atomic E-state index is 14.3. The van der Waals surface area contributed by atoms with Crippen molar-refractivity contribution >= 4 is 34.4 Å². The van der Waals surface area contributed by atoms with E-state index < -0.39 is 3.68 Å². The van der Waals surface area contributed by atoms with Gasteiger partial charge in [-0.05, 0) is 72.8 Å². The van der Waals surface area contributed by atoms with Gasteiger partial charge in [0, 0.05) is 28.6 Å². The smallest absolute Gasteiger partial charge is 0.167 e. The van der Waals surface area contributed by atoms with Crippen LogP contribution < -0.4 is 0 Å². The van der Waals surface area contributed by atoms with Crippen LogP contribution in [0, 0.1) is 17.8 Å². The van der Waals surface area contributed by atoms with E-state index >= 15 is 0 Å². The van der Waals surface area contributed by atoms with Crippen molar-refractivity contribution in [3.63, 3.8) is 0 Å². The molecule has 1 aromatic rings. The Hall–Kier alpha value is -0.0400. The zero-order chi connectivity index (χ0) is 15.3. The third-order valence-corrected chi connectivity index (χ3v) is 8.45. The van der Waals surface area contributed by atoms with Crippen LogP contribution in [0.2, 0.25) is 0 Å². The molecule has 22 heavy (non-hydrogen) atoms. The average molecular weight is 432 g/mol. The zero-order valence-electron chi connectivity index (χ0n) is 12.7. The number of hydrogen-bond acceptors (Lipinski definition) is 2. The summed E-state index contributed by atoms with van der Waals surface area (Å²) in [4.78, 5) is 5.67. The van der Waals surface area contributed by atoms with Gasteiger partial charge in [0.15, 0.2) is 3.68 Å². The van der Waals surface area contributed by atoms with Gasteiger partial charge in [-0.25, -0.2) is 9.37 Å². The van der Waals surface area contributed by atoms with E-state index in [2.05, 4.69) is 16.1 Å². The molecule has 0 bridgehead atoms. The van der Waals surface area contributed by atoms with Crippen LogP contribution in [0.15, 0.2) is 24.0 Å². The number of allylic oxidation sites excluding steroid dienone is 1. The molecule has 120 valence electrons. The molecule has 2 aliphatic carbocycles. The molecular formula is C17H22FIN2S. The predicted octanol–water partition coefficient (Wildman–Crippen LogP) is 5.15. The van der Waals surface area contributed by atoms with E-state index in [1.54, 1.807) is 0 Å². The highest BCUT2D eigenvalue weighted by atomic mass is 127. The number of fused-ring (bicyclic) bond motifs is 2. The highest BCUT2D eigenvalue weighted by molar-refractivity contribution is 14.1. The second-order valence-electron chi connectivity index (χ2n) is 6.96. The molecule has 3 atom stereocenters. The van der Waals surface area contributed by atoms with Crippen LogP contribution in [0.5, 0.6) is 0 Å². The fraction of sp³-hybridized carbons (Fsp3) is 0.706. The Balaban J connectivity index is 1.58. The van der Waals surface area contributed by atoms with Crippen LogP contribution in [0.3, 0.4) is 0 Å². The summed E-state index contributed by atoms with van der Waals surface area (Å²) < 4.78 is 15.7. The number of rotatable bonds is 1. The Labute approximate surface area is 149 Å². The fourth-order valence-corrected chi connectivity index (χ4v) is 6.80. The topological polar surface area (TPSA) is 17.8 Å². The first-order valence-corrected chi connectivity index (χ1v) is 10.4. The number of thioether (sulfide) groups is 1. The van der Waals surface area contributed by atoms with E-state index in [0.29, 0.717) is 23.8 Å². The van der Waals surface area contributed by atoms with Gasteiger partial charge in [0.25, 0.3) is 0 Å². The van der Waals surface area contributed by atoms with Gasteiger partial charge >= 0.3 is 0 Å². The molecule has 3 unspecified atom stereocenters. The molecule has 4 rings (SSSR count). The van der Waals surface area contributed by atoms with Crippen LogP contribution in [0.1, 0.15) is 43.8 Å². The highest BCUT2D eigenvalue weighted by Gasteiger charge is 2.64. The van der Waals surface area contributed by atoms with Crippen molar-refractivity contribution in [1.29, 1.82) is 0 Å². The van der Waals surface area contributed by atoms with Crippen molar-refractivity contribution < 1.29 is 4.39 Å². The zero-order valence-corrected chi connectivity index (χ0v) is 15.7. The van der Waals surface area contributed by atoms with Crippen LogP contribution in [-0.2, 0) is 6.42 Å². The Morgan fingerprint density at radius 1 is 1.32 bits per heavy atom. The second-order valence-corrected chi connectivity index (χ2v) is 9.83. The van der Waals surface area contributed by atoms with E-state index in [-0.39, 0.29) is 0 Å². The Kier molecular flexibility index (Phi) is 4.08. The molecule has 0 saturated heterocycles. The first kappa shape index (κ1) is 15.5. The van der Waals surface area contributed by atoms with Crippen molar-refractivity contribution in [3.05, 3.63) is 29.7 Å². The molecule has 1 aromatic heterocycles. The molecular weight excluding hydrogens is 410 g/mol. The number of nitrogens with zero attached hydrogens (tertiary/aromatic N) is 2. The van der Waals surface area contributed by atoms with Gasteiger partial charge in [-0.1, -0.05) is 6.58 Å². The molecule has 5 heteroatoms. The van der Waals surface area contributed by atoms with Gasteiger partial charge < -0.3 is 4.57 Å². The summed E-state index contributed by atoms with van der Waals surface area (Å²) in [5, 5.41) is 0. The number of halogens is 2. The van der Waals surface area contributed by atoms with Gasteiger partial charge in [0.2, 0.25) is 0 Å². The molecule has 0 spiro atoms. The van der Waals surface area contributed by atoms with Crippen molar-refractivity contribution in [1.82, 2.24) is 9.55 Å². The minimum atomic E-state index is -0.907. The van der Waals surface area contributed by atoms with Gasteiger partial charge in [-0.2, -0.15) is 0 Å². The molecule has 3 aliphatic rings. The van der Waals surface area contributed by atoms with Crippen LogP contribution >= 0.6 is 34.4 Å². The fourth-order valence-electron chi connectivity index (χ4n) is 4.46. The lowest BCUT2D eigenvalue weighted by Crippen LogP contribution is -2.23. The van der Waals surface area contributed by atoms with Crippen LogP contribution in [0.25, 0.3) is 0 Å². The lowest BCUT2D eigenvalue weighted by molar-refractivity contribution is 0.300. The SMILES string of the molecule is C=C1SCCCc2cncn2C1C1CCC2C(CC1)C2(F)I. The van der Waals surface area contributed by atoms with Crippen molar-refractivity contribution in [2.24, 2.45) is 17.8 Å². The molecule has 2 saturated carbocycles. The predicted molar refractivity (Wildman–Crippen MR) is 98.0 cm³/mol. The molecule has 0 amide bonds. The van der Waals surface area contributed by atoms with Crippen molar-refractivity contribution in [3.8, 4) is 0 Å². The lowest BCUT2D eigenvalue weighted by Gasteiger charge is -2.32. The van der Waals surface area contributed by atoms with E-state index in [4.69, 9.17) is 0 Å². The third-order valence-electron chi connectivity index (χ3n) is 5.75. The summed E-state index contributed by atoms with van der Waals surface area (Å²) in [7, 11) is 0. The van der Waals surface area contributed by atoms with E-state index in [0.717, 1.165) is 37.9 Å². The summed E-state index contributed by atoms with van der Waals surface area (Å²) in [5.74, 6) is 2.34. The average Bonchev–Trinajstić information content (AvgIpc) is 2.83. The molecule has 2 fully saturated rings. The molecule has 1 aliphatic heterocycles. The van der Waals surface area contributed by atoms with E-state index in [1.807, 2.05) is 46.9 Å². The van der Waals surface area contributed by atoms with Crippen LogP contribution in [-0.4, -0.2) is 19.0 Å². The second kappa shape index (κ2) is 5.80. The molecule has 0 N–H and O–H groups in total. The largest absolute Gasteiger partial charge is 0.326 e. The van der Waals surface area contributed by atoms with Gasteiger partial charge in [-0.15, -0.1) is 11.8 Å². The van der Waals surface area contributed by atoms with E-state index in [1.165, 1.54) is 17.0 Å². The maximum absolute atomic E-state index is 14.3. The summed E-state index contributed by atoms with van der Waals surface area (Å²) in [6.45, 7) is 4.38. The minimum Gasteiger partial charge on any atom is -0.326 e. The van der Waals surface area contributed by atoms with Crippen molar-refractivity contribution in [2.45, 2.75) is 48.2 Å². The number of imidazole rings is 1. The highest BCUT2D eigenvalue weighted by Crippen LogP contribution is 2.65. The van der Waals surface area contributed by atoms with E-state index in [9.17, 15) is 4.39 Å². The standard InChI is InChI=1S/C17H22FIN2S/c1-11-16(21-10-20-9-13(21)3-2-8-22-11)12-4-6-14-15(7-5-12)17(14,18)19/h9-10,12,14-16H,1-8H2. The molecule has 0 radical (unpaired) electrons. The van der Waals surface area contributed by atoms with Gasteiger partial charge in [0.1, 0.15) is 0 Å². The Morgan fingerprint density at radius 3 is 2.77 bits per heavy atom. The Bertz CT molecular complexity index is 569.